The van der Waals surface area contributed by atoms with Crippen molar-refractivity contribution in [2.45, 2.75) is 63.7 Å². The normalized spacial score (nSPS) is 30.5. The van der Waals surface area contributed by atoms with Crippen molar-refractivity contribution in [2.24, 2.45) is 0 Å². The van der Waals surface area contributed by atoms with Gasteiger partial charge in [0.15, 0.2) is 12.6 Å². The molecule has 43 heavy (non-hydrogen) atoms. The van der Waals surface area contributed by atoms with Crippen molar-refractivity contribution in [3.8, 4) is 0 Å². The highest BCUT2D eigenvalue weighted by molar-refractivity contribution is 7.53. The van der Waals surface area contributed by atoms with E-state index in [4.69, 9.17) is 46.9 Å². The van der Waals surface area contributed by atoms with Gasteiger partial charge in [0.1, 0.15) is 24.4 Å². The van der Waals surface area contributed by atoms with E-state index in [-0.39, 0.29) is 6.10 Å². The number of methoxy groups -OCH3 is 1. The monoisotopic (exact) mass is 631 g/mol. The average Bonchev–Trinajstić information content (AvgIpc) is 3.03. The molecule has 0 N–H and O–H groups in total. The lowest BCUT2D eigenvalue weighted by atomic mass is 9.97. The van der Waals surface area contributed by atoms with Crippen LogP contribution in [0.4, 0.5) is 0 Å². The molecule has 13 heteroatoms. The van der Waals surface area contributed by atoms with E-state index < -0.39 is 38.5 Å². The van der Waals surface area contributed by atoms with E-state index in [1.54, 1.807) is 7.11 Å². The molecule has 0 spiro atoms. The molecule has 3 fully saturated rings. The molecule has 0 saturated carbocycles. The second-order valence-corrected chi connectivity index (χ2v) is 12.8. The number of unbranched alkanes of at least 4 members (excludes halogenated alkanes) is 1. The Hall–Kier alpha value is -0.990. The van der Waals surface area contributed by atoms with Gasteiger partial charge < -0.3 is 46.9 Å². The summed E-state index contributed by atoms with van der Waals surface area (Å²) in [5.74, 6) is 0. The first-order valence-corrected chi connectivity index (χ1v) is 17.3. The third-order valence-corrected chi connectivity index (χ3v) is 9.74. The first-order chi connectivity index (χ1) is 21.1. The maximum absolute atomic E-state index is 12.7. The van der Waals surface area contributed by atoms with Crippen molar-refractivity contribution in [3.63, 3.8) is 0 Å². The first kappa shape index (κ1) is 34.9. The van der Waals surface area contributed by atoms with Gasteiger partial charge >= 0.3 is 7.60 Å². The van der Waals surface area contributed by atoms with Gasteiger partial charge in [0, 0.05) is 25.8 Å². The molecule has 3 saturated heterocycles. The van der Waals surface area contributed by atoms with Crippen LogP contribution < -0.4 is 0 Å². The van der Waals surface area contributed by atoms with Gasteiger partial charge in [0.05, 0.1) is 65.6 Å². The maximum Gasteiger partial charge on any atom is 0.330 e. The zero-order valence-corrected chi connectivity index (χ0v) is 26.7. The topological polar surface area (TPSA) is 113 Å². The summed E-state index contributed by atoms with van der Waals surface area (Å²) < 4.78 is 72.4. The van der Waals surface area contributed by atoms with E-state index >= 15 is 0 Å². The second kappa shape index (κ2) is 18.9. The fraction of sp³-hybridized carbons (Fsp3) is 0.800. The second-order valence-electron chi connectivity index (χ2n) is 10.6. The molecular weight excluding hydrogens is 581 g/mol. The quantitative estimate of drug-likeness (QED) is 0.263. The molecule has 1 aromatic rings. The van der Waals surface area contributed by atoms with Gasteiger partial charge in [0.25, 0.3) is 0 Å². The number of nitrogens with zero attached hydrogens (tertiary/aromatic N) is 1. The predicted octanol–water partition coefficient (Wildman–Crippen LogP) is 3.64. The summed E-state index contributed by atoms with van der Waals surface area (Å²) in [4.78, 5) is 2.30. The lowest BCUT2D eigenvalue weighted by Gasteiger charge is -2.48. The molecule has 0 radical (unpaired) electrons. The predicted molar refractivity (Wildman–Crippen MR) is 158 cm³/mol. The highest BCUT2D eigenvalue weighted by Gasteiger charge is 2.51. The highest BCUT2D eigenvalue weighted by Crippen LogP contribution is 2.48. The Labute approximate surface area is 256 Å². The minimum Gasteiger partial charge on any atom is -0.378 e. The van der Waals surface area contributed by atoms with E-state index in [1.165, 1.54) is 0 Å². The molecule has 0 amide bonds. The molecule has 246 valence electrons. The molecule has 4 rings (SSSR count). The number of hydrogen-bond acceptors (Lipinski definition) is 12. The van der Waals surface area contributed by atoms with Gasteiger partial charge in [-0.15, -0.1) is 0 Å². The summed E-state index contributed by atoms with van der Waals surface area (Å²) in [7, 11) is -1.42. The van der Waals surface area contributed by atoms with Crippen molar-refractivity contribution in [3.05, 3.63) is 35.9 Å². The van der Waals surface area contributed by atoms with Crippen LogP contribution in [-0.2, 0) is 51.5 Å². The summed E-state index contributed by atoms with van der Waals surface area (Å²) in [6.07, 6.45) is -0.869. The van der Waals surface area contributed by atoms with Crippen LogP contribution in [0.25, 0.3) is 0 Å². The Morgan fingerprint density at radius 1 is 0.814 bits per heavy atom. The Morgan fingerprint density at radius 3 is 2.14 bits per heavy atom. The first-order valence-electron chi connectivity index (χ1n) is 15.6. The van der Waals surface area contributed by atoms with Crippen molar-refractivity contribution >= 4 is 7.60 Å². The SMILES string of the molecule is CCOP(=O)(CCCCN1CCOCCO[C@@H]2[C@@H](OCCOCC1)[C@@H](OC)O[C@@H]1COC(c3ccccc3)O[C@@H]21)OCC. The van der Waals surface area contributed by atoms with Crippen LogP contribution in [-0.4, -0.2) is 128 Å². The van der Waals surface area contributed by atoms with Crippen molar-refractivity contribution in [1.82, 2.24) is 4.90 Å². The minimum atomic E-state index is -3.02. The fourth-order valence-corrected chi connectivity index (χ4v) is 7.23. The molecular formula is C30H50NO11P. The van der Waals surface area contributed by atoms with E-state index in [2.05, 4.69) is 4.90 Å². The zero-order chi connectivity index (χ0) is 30.3. The summed E-state index contributed by atoms with van der Waals surface area (Å²) in [6.45, 7) is 9.78. The molecule has 1 unspecified atom stereocenters. The fourth-order valence-electron chi connectivity index (χ4n) is 5.50. The largest absolute Gasteiger partial charge is 0.378 e. The zero-order valence-electron chi connectivity index (χ0n) is 25.8. The Morgan fingerprint density at radius 2 is 1.49 bits per heavy atom. The molecule has 0 aromatic heterocycles. The third kappa shape index (κ3) is 10.8. The molecule has 12 nitrogen and oxygen atoms in total. The van der Waals surface area contributed by atoms with Crippen LogP contribution in [0.3, 0.4) is 0 Å². The van der Waals surface area contributed by atoms with Gasteiger partial charge in [-0.1, -0.05) is 30.3 Å². The van der Waals surface area contributed by atoms with Crippen LogP contribution in [0, 0.1) is 0 Å². The van der Waals surface area contributed by atoms with Crippen LogP contribution in [0.2, 0.25) is 0 Å². The minimum absolute atomic E-state index is 0.348. The van der Waals surface area contributed by atoms with Crippen LogP contribution in [0.15, 0.2) is 30.3 Å². The van der Waals surface area contributed by atoms with Crippen molar-refractivity contribution in [2.75, 3.05) is 92.4 Å². The molecule has 6 atom stereocenters. The molecule has 3 heterocycles. The number of ether oxygens (including phenoxy) is 8. The average molecular weight is 632 g/mol. The van der Waals surface area contributed by atoms with Crippen LogP contribution >= 0.6 is 7.60 Å². The van der Waals surface area contributed by atoms with Crippen molar-refractivity contribution in [1.29, 1.82) is 0 Å². The van der Waals surface area contributed by atoms with Crippen LogP contribution in [0.5, 0.6) is 0 Å². The summed E-state index contributed by atoms with van der Waals surface area (Å²) >= 11 is 0. The number of hydrogen-bond donors (Lipinski definition) is 0. The highest BCUT2D eigenvalue weighted by atomic mass is 31.2. The summed E-state index contributed by atoms with van der Waals surface area (Å²) in [6, 6.07) is 9.84. The Balaban J connectivity index is 1.31. The van der Waals surface area contributed by atoms with Gasteiger partial charge in [0.2, 0.25) is 0 Å². The summed E-state index contributed by atoms with van der Waals surface area (Å²) in [5, 5.41) is 0. The van der Waals surface area contributed by atoms with Crippen molar-refractivity contribution < 1.29 is 51.5 Å². The Kier molecular flexibility index (Phi) is 15.3. The number of rotatable bonds is 11. The molecule has 1 aromatic carbocycles. The van der Waals surface area contributed by atoms with Gasteiger partial charge in [-0.3, -0.25) is 9.46 Å². The molecule has 3 aliphatic rings. The smallest absolute Gasteiger partial charge is 0.330 e. The lowest BCUT2D eigenvalue weighted by molar-refractivity contribution is -0.368. The molecule has 0 aliphatic carbocycles. The van der Waals surface area contributed by atoms with E-state index in [9.17, 15) is 4.57 Å². The Bertz CT molecular complexity index is 934. The standard InChI is InChI=1S/C30H50NO11P/c1-4-39-43(32,40-5-2)22-10-9-13-31-14-16-34-18-20-36-27-26-25(23-38-29(42-26)24-11-7-6-8-12-24)41-30(33-3)28(27)37-21-19-35-17-15-31/h6-8,11-12,25-30H,4-5,9-10,13-23H2,1-3H3/t25-,26-,27+,28-,29?,30+/m1/s1. The van der Waals surface area contributed by atoms with E-state index in [0.717, 1.165) is 38.0 Å². The van der Waals surface area contributed by atoms with Crippen LogP contribution in [0.1, 0.15) is 38.5 Å². The molecule has 3 aliphatic heterocycles. The summed E-state index contributed by atoms with van der Waals surface area (Å²) in [5.41, 5.74) is 0.934. The maximum atomic E-state index is 12.7. The van der Waals surface area contributed by atoms with E-state index in [1.807, 2.05) is 44.2 Å². The number of benzene rings is 1. The van der Waals surface area contributed by atoms with E-state index in [0.29, 0.717) is 65.6 Å². The van der Waals surface area contributed by atoms with Gasteiger partial charge in [-0.25, -0.2) is 0 Å². The third-order valence-electron chi connectivity index (χ3n) is 7.58. The number of fused-ring (bicyclic) bond motifs is 3. The lowest BCUT2D eigenvalue weighted by Crippen LogP contribution is -2.63. The van der Waals surface area contributed by atoms with Gasteiger partial charge in [-0.2, -0.15) is 0 Å². The van der Waals surface area contributed by atoms with Gasteiger partial charge in [-0.05, 0) is 33.2 Å². The molecule has 0 bridgehead atoms.